The van der Waals surface area contributed by atoms with Gasteiger partial charge in [-0.3, -0.25) is 0 Å². The summed E-state index contributed by atoms with van der Waals surface area (Å²) in [5.74, 6) is 0. The number of halogens is 2. The van der Waals surface area contributed by atoms with Gasteiger partial charge in [0.2, 0.25) is 0 Å². The molecule has 0 saturated heterocycles. The molecule has 0 heterocycles. The van der Waals surface area contributed by atoms with Crippen molar-refractivity contribution in [3.63, 3.8) is 0 Å². The lowest BCUT2D eigenvalue weighted by molar-refractivity contribution is 0.343. The first kappa shape index (κ1) is 14.9. The summed E-state index contributed by atoms with van der Waals surface area (Å²) in [7, 11) is 0. The van der Waals surface area contributed by atoms with Crippen molar-refractivity contribution in [2.45, 2.75) is 58.3 Å². The van der Waals surface area contributed by atoms with Crippen LogP contribution >= 0.6 is 23.2 Å². The van der Waals surface area contributed by atoms with Gasteiger partial charge in [0.1, 0.15) is 0 Å². The Hall–Kier alpha value is -0.200. The first-order valence-electron chi connectivity index (χ1n) is 6.55. The zero-order chi connectivity index (χ0) is 12.9. The minimum Gasteiger partial charge on any atom is -0.0827 e. The van der Waals surface area contributed by atoms with E-state index in [9.17, 15) is 0 Å². The van der Waals surface area contributed by atoms with Crippen LogP contribution in [0.5, 0.6) is 0 Å². The van der Waals surface area contributed by atoms with E-state index in [1.807, 2.05) is 6.07 Å². The zero-order valence-electron chi connectivity index (χ0n) is 11.0. The van der Waals surface area contributed by atoms with Crippen molar-refractivity contribution in [3.05, 3.63) is 33.8 Å². The SMILES string of the molecule is CCCC(CC)(CCC)c1ccc(Cl)c(Cl)c1. The van der Waals surface area contributed by atoms with Gasteiger partial charge in [0, 0.05) is 0 Å². The Labute approximate surface area is 115 Å². The molecule has 0 aliphatic carbocycles. The van der Waals surface area contributed by atoms with Crippen molar-refractivity contribution in [2.75, 3.05) is 0 Å². The molecule has 0 aliphatic rings. The van der Waals surface area contributed by atoms with Crippen molar-refractivity contribution in [3.8, 4) is 0 Å². The lowest BCUT2D eigenvalue weighted by atomic mass is 9.71. The van der Waals surface area contributed by atoms with E-state index < -0.39 is 0 Å². The van der Waals surface area contributed by atoms with Crippen molar-refractivity contribution < 1.29 is 0 Å². The van der Waals surface area contributed by atoms with E-state index in [1.54, 1.807) is 0 Å². The predicted molar refractivity (Wildman–Crippen MR) is 78.2 cm³/mol. The molecular formula is C15H22Cl2. The molecule has 0 N–H and O–H groups in total. The smallest absolute Gasteiger partial charge is 0.0595 e. The number of benzene rings is 1. The fourth-order valence-electron chi connectivity index (χ4n) is 2.75. The number of rotatable bonds is 6. The second-order valence-corrected chi connectivity index (χ2v) is 5.58. The third kappa shape index (κ3) is 3.39. The number of hydrogen-bond donors (Lipinski definition) is 0. The highest BCUT2D eigenvalue weighted by Crippen LogP contribution is 2.39. The second kappa shape index (κ2) is 6.66. The summed E-state index contributed by atoms with van der Waals surface area (Å²) in [6.45, 7) is 6.77. The lowest BCUT2D eigenvalue weighted by Crippen LogP contribution is -2.25. The Kier molecular flexibility index (Phi) is 5.82. The fourth-order valence-corrected chi connectivity index (χ4v) is 3.05. The Bertz CT molecular complexity index is 352. The lowest BCUT2D eigenvalue weighted by Gasteiger charge is -2.33. The van der Waals surface area contributed by atoms with Gasteiger partial charge in [-0.25, -0.2) is 0 Å². The molecule has 1 aromatic carbocycles. The van der Waals surface area contributed by atoms with Gasteiger partial charge in [-0.15, -0.1) is 0 Å². The maximum atomic E-state index is 6.15. The van der Waals surface area contributed by atoms with E-state index in [2.05, 4.69) is 32.9 Å². The summed E-state index contributed by atoms with van der Waals surface area (Å²) in [4.78, 5) is 0. The highest BCUT2D eigenvalue weighted by molar-refractivity contribution is 6.42. The average molecular weight is 273 g/mol. The maximum Gasteiger partial charge on any atom is 0.0595 e. The van der Waals surface area contributed by atoms with Crippen LogP contribution in [0.15, 0.2) is 18.2 Å². The standard InChI is InChI=1S/C15H22Cl2/c1-4-9-15(6-3,10-5-2)12-7-8-13(16)14(17)11-12/h7-8,11H,4-6,9-10H2,1-3H3. The third-order valence-electron chi connectivity index (χ3n) is 3.67. The van der Waals surface area contributed by atoms with Gasteiger partial charge in [0.25, 0.3) is 0 Å². The molecular weight excluding hydrogens is 251 g/mol. The summed E-state index contributed by atoms with van der Waals surface area (Å²) in [6, 6.07) is 6.12. The monoisotopic (exact) mass is 272 g/mol. The van der Waals surface area contributed by atoms with Crippen molar-refractivity contribution in [1.82, 2.24) is 0 Å². The van der Waals surface area contributed by atoms with Crippen LogP contribution in [0.3, 0.4) is 0 Å². The summed E-state index contributed by atoms with van der Waals surface area (Å²) in [5, 5.41) is 1.32. The van der Waals surface area contributed by atoms with E-state index in [0.29, 0.717) is 10.0 Å². The van der Waals surface area contributed by atoms with Crippen LogP contribution in [0.2, 0.25) is 10.0 Å². The van der Waals surface area contributed by atoms with Gasteiger partial charge in [-0.2, -0.15) is 0 Å². The van der Waals surface area contributed by atoms with Crippen LogP contribution in [0.25, 0.3) is 0 Å². The Morgan fingerprint density at radius 2 is 1.53 bits per heavy atom. The fraction of sp³-hybridized carbons (Fsp3) is 0.600. The van der Waals surface area contributed by atoms with E-state index in [1.165, 1.54) is 31.2 Å². The molecule has 0 amide bonds. The summed E-state index contributed by atoms with van der Waals surface area (Å²) >= 11 is 12.1. The first-order chi connectivity index (χ1) is 8.09. The molecule has 0 bridgehead atoms. The van der Waals surface area contributed by atoms with Crippen molar-refractivity contribution in [2.24, 2.45) is 0 Å². The Balaban J connectivity index is 3.14. The van der Waals surface area contributed by atoms with Crippen LogP contribution in [-0.4, -0.2) is 0 Å². The molecule has 1 aromatic rings. The molecule has 0 aromatic heterocycles. The van der Waals surface area contributed by atoms with E-state index in [-0.39, 0.29) is 5.41 Å². The van der Waals surface area contributed by atoms with Gasteiger partial charge in [-0.05, 0) is 42.4 Å². The molecule has 96 valence electrons. The minimum absolute atomic E-state index is 0.276. The zero-order valence-corrected chi connectivity index (χ0v) is 12.5. The first-order valence-corrected chi connectivity index (χ1v) is 7.30. The topological polar surface area (TPSA) is 0 Å². The van der Waals surface area contributed by atoms with Crippen LogP contribution < -0.4 is 0 Å². The van der Waals surface area contributed by atoms with Crippen molar-refractivity contribution in [1.29, 1.82) is 0 Å². The molecule has 0 nitrogen and oxygen atoms in total. The normalized spacial score (nSPS) is 11.8. The second-order valence-electron chi connectivity index (χ2n) is 4.76. The van der Waals surface area contributed by atoms with Crippen LogP contribution in [0.1, 0.15) is 58.4 Å². The van der Waals surface area contributed by atoms with Crippen molar-refractivity contribution >= 4 is 23.2 Å². The maximum absolute atomic E-state index is 6.15. The minimum atomic E-state index is 0.276. The molecule has 0 radical (unpaired) electrons. The quantitative estimate of drug-likeness (QED) is 0.575. The van der Waals surface area contributed by atoms with E-state index in [4.69, 9.17) is 23.2 Å². The average Bonchev–Trinajstić information content (AvgIpc) is 2.32. The Morgan fingerprint density at radius 3 is 1.94 bits per heavy atom. The van der Waals surface area contributed by atoms with Crippen LogP contribution in [0, 0.1) is 0 Å². The molecule has 0 atom stereocenters. The third-order valence-corrected chi connectivity index (χ3v) is 4.40. The van der Waals surface area contributed by atoms with Gasteiger partial charge >= 0.3 is 0 Å². The summed E-state index contributed by atoms with van der Waals surface area (Å²) in [6.07, 6.45) is 6.00. The summed E-state index contributed by atoms with van der Waals surface area (Å²) in [5.41, 5.74) is 1.62. The molecule has 0 unspecified atom stereocenters. The highest BCUT2D eigenvalue weighted by atomic mass is 35.5. The van der Waals surface area contributed by atoms with Gasteiger partial charge in [-0.1, -0.05) is 62.9 Å². The molecule has 2 heteroatoms. The molecule has 0 spiro atoms. The molecule has 1 rings (SSSR count). The van der Waals surface area contributed by atoms with Crippen LogP contribution in [0.4, 0.5) is 0 Å². The van der Waals surface area contributed by atoms with Gasteiger partial charge < -0.3 is 0 Å². The van der Waals surface area contributed by atoms with Gasteiger partial charge in [0.15, 0.2) is 0 Å². The molecule has 0 saturated carbocycles. The molecule has 17 heavy (non-hydrogen) atoms. The predicted octanol–water partition coefficient (Wildman–Crippen LogP) is 6.24. The highest BCUT2D eigenvalue weighted by Gasteiger charge is 2.28. The molecule has 0 fully saturated rings. The molecule has 0 aliphatic heterocycles. The summed E-state index contributed by atoms with van der Waals surface area (Å²) < 4.78 is 0. The number of hydrogen-bond acceptors (Lipinski definition) is 0. The van der Waals surface area contributed by atoms with Crippen LogP contribution in [-0.2, 0) is 5.41 Å². The Morgan fingerprint density at radius 1 is 0.941 bits per heavy atom. The van der Waals surface area contributed by atoms with Gasteiger partial charge in [0.05, 0.1) is 10.0 Å². The van der Waals surface area contributed by atoms with E-state index in [0.717, 1.165) is 6.42 Å². The van der Waals surface area contributed by atoms with E-state index >= 15 is 0 Å². The largest absolute Gasteiger partial charge is 0.0827 e.